The molecule has 0 heterocycles. The van der Waals surface area contributed by atoms with Gasteiger partial charge in [0.1, 0.15) is 12.0 Å². The third-order valence-electron chi connectivity index (χ3n) is 7.16. The molecule has 0 saturated heterocycles. The Balaban J connectivity index is 1.76. The molecule has 2 aromatic rings. The molecule has 0 aliphatic heterocycles. The number of carbonyl (C=O) groups excluding carboxylic acids is 4. The highest BCUT2D eigenvalue weighted by atomic mass is 16.2. The fourth-order valence-corrected chi connectivity index (χ4v) is 4.86. The van der Waals surface area contributed by atoms with Gasteiger partial charge in [-0.05, 0) is 54.0 Å². The van der Waals surface area contributed by atoms with Crippen LogP contribution in [-0.2, 0) is 33.9 Å². The van der Waals surface area contributed by atoms with Gasteiger partial charge in [-0.2, -0.15) is 0 Å². The third-order valence-corrected chi connectivity index (χ3v) is 7.16. The smallest absolute Gasteiger partial charge is 0.248 e. The summed E-state index contributed by atoms with van der Waals surface area (Å²) in [6.07, 6.45) is 4.91. The zero-order chi connectivity index (χ0) is 27.7. The van der Waals surface area contributed by atoms with Crippen LogP contribution in [0.5, 0.6) is 0 Å². The Kier molecular flexibility index (Phi) is 10.4. The number of amides is 4. The van der Waals surface area contributed by atoms with Crippen molar-refractivity contribution in [3.8, 4) is 0 Å². The molecule has 1 unspecified atom stereocenters. The number of primary amides is 1. The molecular formula is C29H39N5O4. The van der Waals surface area contributed by atoms with Crippen molar-refractivity contribution in [2.45, 2.75) is 57.7 Å². The van der Waals surface area contributed by atoms with Crippen molar-refractivity contribution in [2.75, 3.05) is 14.1 Å². The summed E-state index contributed by atoms with van der Waals surface area (Å²) in [6, 6.07) is 13.5. The van der Waals surface area contributed by atoms with Gasteiger partial charge in [0.15, 0.2) is 0 Å². The minimum absolute atomic E-state index is 0.00252. The summed E-state index contributed by atoms with van der Waals surface area (Å²) >= 11 is 0. The summed E-state index contributed by atoms with van der Waals surface area (Å²) in [4.78, 5) is 52.7. The predicted octanol–water partition coefficient (Wildman–Crippen LogP) is 1.87. The zero-order valence-corrected chi connectivity index (χ0v) is 22.2. The van der Waals surface area contributed by atoms with Crippen molar-refractivity contribution in [1.82, 2.24) is 15.5 Å². The SMILES string of the molecule is CN(C)C(=O)C(Cc1ccc(C(N)=O)cc1)C(=O)N[C@H](C(=O)NCc1ccc(CN)cc1)C1CCCCC1. The molecule has 0 radical (unpaired) electrons. The van der Waals surface area contributed by atoms with Crippen molar-refractivity contribution < 1.29 is 19.2 Å². The van der Waals surface area contributed by atoms with Gasteiger partial charge in [0.2, 0.25) is 23.6 Å². The maximum Gasteiger partial charge on any atom is 0.248 e. The van der Waals surface area contributed by atoms with Crippen LogP contribution in [0.2, 0.25) is 0 Å². The second-order valence-electron chi connectivity index (χ2n) is 10.2. The Morgan fingerprint density at radius 3 is 2.00 bits per heavy atom. The number of benzene rings is 2. The number of carbonyl (C=O) groups is 4. The molecular weight excluding hydrogens is 482 g/mol. The maximum absolute atomic E-state index is 13.5. The molecule has 204 valence electrons. The Bertz CT molecular complexity index is 1110. The molecule has 1 aliphatic carbocycles. The first-order valence-corrected chi connectivity index (χ1v) is 13.2. The lowest BCUT2D eigenvalue weighted by molar-refractivity contribution is -0.142. The van der Waals surface area contributed by atoms with Gasteiger partial charge in [-0.25, -0.2) is 0 Å². The van der Waals surface area contributed by atoms with Crippen LogP contribution >= 0.6 is 0 Å². The van der Waals surface area contributed by atoms with Crippen LogP contribution in [0, 0.1) is 11.8 Å². The quantitative estimate of drug-likeness (QED) is 0.333. The minimum Gasteiger partial charge on any atom is -0.366 e. The largest absolute Gasteiger partial charge is 0.366 e. The number of nitrogens with one attached hydrogen (secondary N) is 2. The summed E-state index contributed by atoms with van der Waals surface area (Å²) < 4.78 is 0. The standard InChI is InChI=1S/C29H39N5O4/c1-34(2)29(38)24(16-19-12-14-23(15-13-19)26(31)35)27(36)33-25(22-6-4-3-5-7-22)28(37)32-18-21-10-8-20(17-30)9-11-21/h8-15,22,24-25H,3-7,16-18,30H2,1-2H3,(H2,31,35)(H,32,37)(H,33,36)/t24?,25-/m0/s1. The number of nitrogens with zero attached hydrogens (tertiary/aromatic N) is 1. The summed E-state index contributed by atoms with van der Waals surface area (Å²) in [5.41, 5.74) is 14.0. The highest BCUT2D eigenvalue weighted by molar-refractivity contribution is 6.02. The van der Waals surface area contributed by atoms with E-state index < -0.39 is 23.8 Å². The predicted molar refractivity (Wildman–Crippen MR) is 146 cm³/mol. The first-order chi connectivity index (χ1) is 18.2. The van der Waals surface area contributed by atoms with Crippen molar-refractivity contribution in [1.29, 1.82) is 0 Å². The van der Waals surface area contributed by atoms with Crippen molar-refractivity contribution >= 4 is 23.6 Å². The number of rotatable bonds is 11. The van der Waals surface area contributed by atoms with E-state index in [1.807, 2.05) is 24.3 Å². The Morgan fingerprint density at radius 2 is 1.45 bits per heavy atom. The van der Waals surface area contributed by atoms with Crippen LogP contribution in [-0.4, -0.2) is 48.7 Å². The lowest BCUT2D eigenvalue weighted by Crippen LogP contribution is -2.54. The lowest BCUT2D eigenvalue weighted by Gasteiger charge is -2.31. The number of hydrogen-bond acceptors (Lipinski definition) is 5. The average Bonchev–Trinajstić information content (AvgIpc) is 2.93. The molecule has 0 bridgehead atoms. The fraction of sp³-hybridized carbons (Fsp3) is 0.448. The topological polar surface area (TPSA) is 148 Å². The van der Waals surface area contributed by atoms with E-state index in [4.69, 9.17) is 11.5 Å². The second-order valence-corrected chi connectivity index (χ2v) is 10.2. The van der Waals surface area contributed by atoms with E-state index in [2.05, 4.69) is 10.6 Å². The summed E-state index contributed by atoms with van der Waals surface area (Å²) in [6.45, 7) is 0.777. The Labute approximate surface area is 224 Å². The molecule has 2 atom stereocenters. The van der Waals surface area contributed by atoms with Crippen LogP contribution in [0.3, 0.4) is 0 Å². The van der Waals surface area contributed by atoms with E-state index in [0.29, 0.717) is 24.2 Å². The molecule has 6 N–H and O–H groups in total. The van der Waals surface area contributed by atoms with Crippen LogP contribution in [0.4, 0.5) is 0 Å². The summed E-state index contributed by atoms with van der Waals surface area (Å²) in [5, 5.41) is 5.91. The van der Waals surface area contributed by atoms with Gasteiger partial charge >= 0.3 is 0 Å². The minimum atomic E-state index is -1.02. The van der Waals surface area contributed by atoms with Gasteiger partial charge in [-0.15, -0.1) is 0 Å². The van der Waals surface area contributed by atoms with Gasteiger partial charge in [0, 0.05) is 32.7 Å². The van der Waals surface area contributed by atoms with Crippen molar-refractivity contribution in [2.24, 2.45) is 23.3 Å². The van der Waals surface area contributed by atoms with Gasteiger partial charge in [-0.3, -0.25) is 19.2 Å². The molecule has 38 heavy (non-hydrogen) atoms. The molecule has 2 aromatic carbocycles. The van der Waals surface area contributed by atoms with Crippen molar-refractivity contribution in [3.05, 3.63) is 70.8 Å². The molecule has 1 fully saturated rings. The van der Waals surface area contributed by atoms with Gasteiger partial charge in [0.25, 0.3) is 0 Å². The summed E-state index contributed by atoms with van der Waals surface area (Å²) in [5.74, 6) is -2.67. The van der Waals surface area contributed by atoms with Gasteiger partial charge in [-0.1, -0.05) is 55.7 Å². The molecule has 1 saturated carbocycles. The summed E-state index contributed by atoms with van der Waals surface area (Å²) in [7, 11) is 3.19. The van der Waals surface area contributed by atoms with Gasteiger partial charge < -0.3 is 27.0 Å². The maximum atomic E-state index is 13.5. The molecule has 1 aliphatic rings. The molecule has 4 amide bonds. The van der Waals surface area contributed by atoms with E-state index in [1.165, 1.54) is 4.90 Å². The van der Waals surface area contributed by atoms with Crippen LogP contribution in [0.1, 0.15) is 59.2 Å². The van der Waals surface area contributed by atoms with E-state index in [0.717, 1.165) is 43.2 Å². The Hall–Kier alpha value is -3.72. The highest BCUT2D eigenvalue weighted by Crippen LogP contribution is 2.27. The molecule has 0 aromatic heterocycles. The van der Waals surface area contributed by atoms with E-state index in [-0.39, 0.29) is 24.2 Å². The molecule has 9 heteroatoms. The van der Waals surface area contributed by atoms with Crippen LogP contribution < -0.4 is 22.1 Å². The first kappa shape index (κ1) is 28.8. The lowest BCUT2D eigenvalue weighted by atomic mass is 9.83. The first-order valence-electron chi connectivity index (χ1n) is 13.2. The monoisotopic (exact) mass is 521 g/mol. The number of hydrogen-bond donors (Lipinski definition) is 4. The molecule has 0 spiro atoms. The Morgan fingerprint density at radius 1 is 0.868 bits per heavy atom. The normalized spacial score (nSPS) is 15.2. The van der Waals surface area contributed by atoms with Crippen LogP contribution in [0.25, 0.3) is 0 Å². The van der Waals surface area contributed by atoms with Crippen molar-refractivity contribution in [3.63, 3.8) is 0 Å². The average molecular weight is 522 g/mol. The second kappa shape index (κ2) is 13.7. The third kappa shape index (κ3) is 7.89. The van der Waals surface area contributed by atoms with E-state index >= 15 is 0 Å². The zero-order valence-electron chi connectivity index (χ0n) is 22.2. The molecule has 9 nitrogen and oxygen atoms in total. The van der Waals surface area contributed by atoms with Crippen LogP contribution in [0.15, 0.2) is 48.5 Å². The molecule has 3 rings (SSSR count). The van der Waals surface area contributed by atoms with E-state index in [1.54, 1.807) is 38.4 Å². The fourth-order valence-electron chi connectivity index (χ4n) is 4.86. The number of nitrogens with two attached hydrogens (primary N) is 2. The highest BCUT2D eigenvalue weighted by Gasteiger charge is 2.35. The van der Waals surface area contributed by atoms with Gasteiger partial charge in [0.05, 0.1) is 0 Å². The van der Waals surface area contributed by atoms with E-state index in [9.17, 15) is 19.2 Å².